The molecule has 0 amide bonds. The summed E-state index contributed by atoms with van der Waals surface area (Å²) in [5, 5.41) is 0.237. The highest BCUT2D eigenvalue weighted by Gasteiger charge is 2.31. The fourth-order valence-corrected chi connectivity index (χ4v) is 2.57. The van der Waals surface area contributed by atoms with Crippen LogP contribution in [-0.2, 0) is 4.74 Å². The van der Waals surface area contributed by atoms with Crippen molar-refractivity contribution in [3.8, 4) is 0 Å². The van der Waals surface area contributed by atoms with Gasteiger partial charge in [0.05, 0.1) is 0 Å². The molecule has 1 nitrogen and oxygen atoms in total. The largest absolute Gasteiger partial charge is 0.411 e. The zero-order valence-corrected chi connectivity index (χ0v) is 10.2. The van der Waals surface area contributed by atoms with Crippen LogP contribution in [0.5, 0.6) is 0 Å². The Morgan fingerprint density at radius 1 is 1.31 bits per heavy atom. The van der Waals surface area contributed by atoms with E-state index >= 15 is 0 Å². The molecule has 0 bridgehead atoms. The standard InChI is InChI=1S/C11H18ClF3O/c1-8-9(4-5-10(8)12)3-2-6-16-7-11(13,14)15/h8-10H,2-7H2,1H3. The van der Waals surface area contributed by atoms with Gasteiger partial charge in [0.1, 0.15) is 6.61 Å². The van der Waals surface area contributed by atoms with Gasteiger partial charge in [-0.1, -0.05) is 6.92 Å². The molecular weight excluding hydrogens is 241 g/mol. The number of rotatable bonds is 5. The van der Waals surface area contributed by atoms with Crippen molar-refractivity contribution in [1.29, 1.82) is 0 Å². The van der Waals surface area contributed by atoms with Crippen molar-refractivity contribution in [1.82, 2.24) is 0 Å². The van der Waals surface area contributed by atoms with Crippen molar-refractivity contribution >= 4 is 11.6 Å². The summed E-state index contributed by atoms with van der Waals surface area (Å²) in [7, 11) is 0. The second-order valence-electron chi connectivity index (χ2n) is 4.52. The second-order valence-corrected chi connectivity index (χ2v) is 5.08. The van der Waals surface area contributed by atoms with Crippen molar-refractivity contribution in [2.24, 2.45) is 11.8 Å². The van der Waals surface area contributed by atoms with Crippen LogP contribution in [0, 0.1) is 11.8 Å². The Morgan fingerprint density at radius 2 is 2.00 bits per heavy atom. The minimum absolute atomic E-state index is 0.190. The van der Waals surface area contributed by atoms with E-state index in [0.717, 1.165) is 19.3 Å². The molecule has 16 heavy (non-hydrogen) atoms. The lowest BCUT2D eigenvalue weighted by Gasteiger charge is -2.16. The monoisotopic (exact) mass is 258 g/mol. The first-order chi connectivity index (χ1) is 7.40. The van der Waals surface area contributed by atoms with Crippen LogP contribution in [0.15, 0.2) is 0 Å². The van der Waals surface area contributed by atoms with Crippen molar-refractivity contribution in [3.63, 3.8) is 0 Å². The Bertz CT molecular complexity index is 208. The molecule has 0 aromatic heterocycles. The molecule has 0 aromatic rings. The van der Waals surface area contributed by atoms with Gasteiger partial charge in [-0.15, -0.1) is 11.6 Å². The number of hydrogen-bond acceptors (Lipinski definition) is 1. The quantitative estimate of drug-likeness (QED) is 0.535. The lowest BCUT2D eigenvalue weighted by molar-refractivity contribution is -0.174. The summed E-state index contributed by atoms with van der Waals surface area (Å²) in [6.07, 6.45) is -0.482. The van der Waals surface area contributed by atoms with Gasteiger partial charge in [0.25, 0.3) is 0 Å². The molecule has 1 fully saturated rings. The Kier molecular flexibility index (Phi) is 5.38. The van der Waals surface area contributed by atoms with Gasteiger partial charge in [0, 0.05) is 12.0 Å². The molecule has 1 rings (SSSR count). The normalized spacial score (nSPS) is 30.9. The predicted octanol–water partition coefficient (Wildman–Crippen LogP) is 4.00. The minimum atomic E-state index is -4.21. The molecule has 1 saturated carbocycles. The molecule has 0 aromatic carbocycles. The van der Waals surface area contributed by atoms with Crippen LogP contribution in [0.3, 0.4) is 0 Å². The van der Waals surface area contributed by atoms with Gasteiger partial charge in [-0.25, -0.2) is 0 Å². The molecule has 1 aliphatic carbocycles. The van der Waals surface area contributed by atoms with E-state index in [1.165, 1.54) is 0 Å². The fourth-order valence-electron chi connectivity index (χ4n) is 2.24. The van der Waals surface area contributed by atoms with Crippen LogP contribution in [0.4, 0.5) is 13.2 Å². The van der Waals surface area contributed by atoms with Crippen molar-refractivity contribution in [3.05, 3.63) is 0 Å². The zero-order valence-electron chi connectivity index (χ0n) is 9.39. The van der Waals surface area contributed by atoms with Crippen LogP contribution in [-0.4, -0.2) is 24.8 Å². The third kappa shape index (κ3) is 4.91. The van der Waals surface area contributed by atoms with Crippen LogP contribution in [0.2, 0.25) is 0 Å². The van der Waals surface area contributed by atoms with E-state index < -0.39 is 12.8 Å². The molecule has 0 spiro atoms. The molecule has 3 unspecified atom stereocenters. The molecule has 96 valence electrons. The Hall–Kier alpha value is 0.0400. The van der Waals surface area contributed by atoms with Gasteiger partial charge in [-0.2, -0.15) is 13.2 Å². The number of ether oxygens (including phenoxy) is 1. The SMILES string of the molecule is CC1C(Cl)CCC1CCCOCC(F)(F)F. The molecule has 0 N–H and O–H groups in total. The van der Waals surface area contributed by atoms with E-state index in [1.54, 1.807) is 0 Å². The molecule has 0 saturated heterocycles. The Morgan fingerprint density at radius 3 is 2.50 bits per heavy atom. The van der Waals surface area contributed by atoms with Crippen LogP contribution in [0.1, 0.15) is 32.6 Å². The van der Waals surface area contributed by atoms with Gasteiger partial charge in [-0.3, -0.25) is 0 Å². The summed E-state index contributed by atoms with van der Waals surface area (Å²) in [4.78, 5) is 0. The molecule has 3 atom stereocenters. The smallest absolute Gasteiger partial charge is 0.372 e. The fraction of sp³-hybridized carbons (Fsp3) is 1.00. The highest BCUT2D eigenvalue weighted by Crippen LogP contribution is 2.37. The van der Waals surface area contributed by atoms with Gasteiger partial charge in [0.15, 0.2) is 0 Å². The molecule has 0 radical (unpaired) electrons. The van der Waals surface area contributed by atoms with Crippen LogP contribution >= 0.6 is 11.6 Å². The highest BCUT2D eigenvalue weighted by atomic mass is 35.5. The van der Waals surface area contributed by atoms with E-state index in [0.29, 0.717) is 18.3 Å². The van der Waals surface area contributed by atoms with Crippen LogP contribution in [0.25, 0.3) is 0 Å². The molecule has 0 heterocycles. The van der Waals surface area contributed by atoms with Crippen molar-refractivity contribution < 1.29 is 17.9 Å². The number of alkyl halides is 4. The topological polar surface area (TPSA) is 9.23 Å². The average Bonchev–Trinajstić information content (AvgIpc) is 2.47. The lowest BCUT2D eigenvalue weighted by atomic mass is 9.93. The van der Waals surface area contributed by atoms with Gasteiger partial charge < -0.3 is 4.74 Å². The number of halogens is 4. The summed E-state index contributed by atoms with van der Waals surface area (Å²) >= 11 is 6.08. The number of hydrogen-bond donors (Lipinski definition) is 0. The summed E-state index contributed by atoms with van der Waals surface area (Å²) in [5.74, 6) is 1.03. The van der Waals surface area contributed by atoms with E-state index in [-0.39, 0.29) is 12.0 Å². The van der Waals surface area contributed by atoms with E-state index in [1.807, 2.05) is 0 Å². The molecule has 1 aliphatic rings. The van der Waals surface area contributed by atoms with Gasteiger partial charge in [0.2, 0.25) is 0 Å². The summed E-state index contributed by atoms with van der Waals surface area (Å²) < 4.78 is 39.8. The maximum atomic E-state index is 11.8. The zero-order chi connectivity index (χ0) is 12.2. The van der Waals surface area contributed by atoms with Crippen LogP contribution < -0.4 is 0 Å². The maximum Gasteiger partial charge on any atom is 0.411 e. The highest BCUT2D eigenvalue weighted by molar-refractivity contribution is 6.20. The summed E-state index contributed by atoms with van der Waals surface area (Å²) in [5.41, 5.74) is 0. The predicted molar refractivity (Wildman–Crippen MR) is 57.6 cm³/mol. The lowest BCUT2D eigenvalue weighted by Crippen LogP contribution is -2.18. The molecule has 0 aliphatic heterocycles. The second kappa shape index (κ2) is 6.10. The maximum absolute atomic E-state index is 11.8. The van der Waals surface area contributed by atoms with Crippen molar-refractivity contribution in [2.75, 3.05) is 13.2 Å². The first-order valence-electron chi connectivity index (χ1n) is 5.68. The van der Waals surface area contributed by atoms with Gasteiger partial charge >= 0.3 is 6.18 Å². The summed E-state index contributed by atoms with van der Waals surface area (Å²) in [6, 6.07) is 0. The van der Waals surface area contributed by atoms with E-state index in [2.05, 4.69) is 11.7 Å². The molecule has 5 heteroatoms. The summed E-state index contributed by atoms with van der Waals surface area (Å²) in [6.45, 7) is 1.17. The third-order valence-corrected chi connectivity index (χ3v) is 3.87. The minimum Gasteiger partial charge on any atom is -0.372 e. The Labute approximate surface area is 99.3 Å². The molecular formula is C11H18ClF3O. The van der Waals surface area contributed by atoms with Gasteiger partial charge in [-0.05, 0) is 37.5 Å². The van der Waals surface area contributed by atoms with Crippen molar-refractivity contribution in [2.45, 2.75) is 44.2 Å². The van der Waals surface area contributed by atoms with E-state index in [4.69, 9.17) is 11.6 Å². The van der Waals surface area contributed by atoms with E-state index in [9.17, 15) is 13.2 Å². The first-order valence-corrected chi connectivity index (χ1v) is 6.12. The average molecular weight is 259 g/mol. The first kappa shape index (κ1) is 14.1. The Balaban J connectivity index is 2.04. The third-order valence-electron chi connectivity index (χ3n) is 3.26.